The summed E-state index contributed by atoms with van der Waals surface area (Å²) in [7, 11) is 1.96. The molecule has 2 rings (SSSR count). The fraction of sp³-hybridized carbons (Fsp3) is 0.333. The summed E-state index contributed by atoms with van der Waals surface area (Å²) in [5.41, 5.74) is 2.57. The SMILES string of the molecule is CNC(C)c1ccc(Sc2ccc(C(C)C)cc2)c(Cl)c1. The van der Waals surface area contributed by atoms with Crippen molar-refractivity contribution >= 4 is 23.4 Å². The highest BCUT2D eigenvalue weighted by molar-refractivity contribution is 7.99. The van der Waals surface area contributed by atoms with Crippen LogP contribution in [0, 0.1) is 0 Å². The predicted molar refractivity (Wildman–Crippen MR) is 93.6 cm³/mol. The van der Waals surface area contributed by atoms with E-state index in [1.54, 1.807) is 11.8 Å². The summed E-state index contributed by atoms with van der Waals surface area (Å²) in [5, 5.41) is 4.04. The summed E-state index contributed by atoms with van der Waals surface area (Å²) in [4.78, 5) is 2.32. The molecule has 0 aromatic heterocycles. The largest absolute Gasteiger partial charge is 0.313 e. The number of halogens is 1. The van der Waals surface area contributed by atoms with Crippen LogP contribution in [0.25, 0.3) is 0 Å². The Morgan fingerprint density at radius 1 is 0.952 bits per heavy atom. The summed E-state index contributed by atoms with van der Waals surface area (Å²) < 4.78 is 0. The van der Waals surface area contributed by atoms with Gasteiger partial charge in [-0.1, -0.05) is 55.4 Å². The van der Waals surface area contributed by atoms with Gasteiger partial charge < -0.3 is 5.32 Å². The van der Waals surface area contributed by atoms with Crippen molar-refractivity contribution in [3.05, 3.63) is 58.6 Å². The first-order valence-electron chi connectivity index (χ1n) is 7.25. The van der Waals surface area contributed by atoms with Crippen LogP contribution in [0.3, 0.4) is 0 Å². The molecular formula is C18H22ClNS. The fourth-order valence-corrected chi connectivity index (χ4v) is 3.21. The molecule has 2 aromatic rings. The van der Waals surface area contributed by atoms with Crippen molar-refractivity contribution in [3.8, 4) is 0 Å². The Morgan fingerprint density at radius 2 is 1.57 bits per heavy atom. The van der Waals surface area contributed by atoms with Crippen molar-refractivity contribution in [2.75, 3.05) is 7.05 Å². The highest BCUT2D eigenvalue weighted by atomic mass is 35.5. The number of benzene rings is 2. The zero-order valence-corrected chi connectivity index (χ0v) is 14.6. The molecule has 0 spiro atoms. The van der Waals surface area contributed by atoms with E-state index in [1.807, 2.05) is 13.1 Å². The van der Waals surface area contributed by atoms with E-state index in [9.17, 15) is 0 Å². The van der Waals surface area contributed by atoms with Crippen LogP contribution in [0.2, 0.25) is 5.02 Å². The Kier molecular flexibility index (Phi) is 5.74. The molecule has 0 saturated heterocycles. The topological polar surface area (TPSA) is 12.0 Å². The standard InChI is InChI=1S/C18H22ClNS/c1-12(2)14-5-8-16(9-6-14)21-18-10-7-15(11-17(18)19)13(3)20-4/h5-13,20H,1-4H3. The molecule has 0 bridgehead atoms. The van der Waals surface area contributed by atoms with Gasteiger partial charge in [-0.3, -0.25) is 0 Å². The number of rotatable bonds is 5. The van der Waals surface area contributed by atoms with E-state index < -0.39 is 0 Å². The van der Waals surface area contributed by atoms with Crippen molar-refractivity contribution in [1.82, 2.24) is 5.32 Å². The lowest BCUT2D eigenvalue weighted by Gasteiger charge is -2.13. The molecule has 21 heavy (non-hydrogen) atoms. The molecule has 1 unspecified atom stereocenters. The molecule has 2 aromatic carbocycles. The second kappa shape index (κ2) is 7.35. The molecule has 0 aliphatic heterocycles. The summed E-state index contributed by atoms with van der Waals surface area (Å²) in [5.74, 6) is 0.565. The lowest BCUT2D eigenvalue weighted by atomic mass is 10.0. The number of hydrogen-bond acceptors (Lipinski definition) is 2. The van der Waals surface area contributed by atoms with E-state index in [-0.39, 0.29) is 0 Å². The van der Waals surface area contributed by atoms with E-state index >= 15 is 0 Å². The van der Waals surface area contributed by atoms with Crippen molar-refractivity contribution in [1.29, 1.82) is 0 Å². The van der Waals surface area contributed by atoms with Gasteiger partial charge in [-0.2, -0.15) is 0 Å². The van der Waals surface area contributed by atoms with Gasteiger partial charge in [-0.05, 0) is 55.3 Å². The minimum absolute atomic E-state index is 0.312. The molecule has 1 N–H and O–H groups in total. The van der Waals surface area contributed by atoms with E-state index in [4.69, 9.17) is 11.6 Å². The van der Waals surface area contributed by atoms with E-state index in [0.717, 1.165) is 9.92 Å². The minimum Gasteiger partial charge on any atom is -0.313 e. The molecule has 0 saturated carbocycles. The molecule has 112 valence electrons. The van der Waals surface area contributed by atoms with Gasteiger partial charge in [0.15, 0.2) is 0 Å². The first-order chi connectivity index (χ1) is 10.0. The second-order valence-corrected chi connectivity index (χ2v) is 7.05. The minimum atomic E-state index is 0.312. The van der Waals surface area contributed by atoms with Crippen LogP contribution >= 0.6 is 23.4 Å². The van der Waals surface area contributed by atoms with Crippen LogP contribution in [0.4, 0.5) is 0 Å². The van der Waals surface area contributed by atoms with Crippen molar-refractivity contribution in [3.63, 3.8) is 0 Å². The quantitative estimate of drug-likeness (QED) is 0.736. The van der Waals surface area contributed by atoms with Gasteiger partial charge in [0.1, 0.15) is 0 Å². The maximum atomic E-state index is 6.41. The van der Waals surface area contributed by atoms with E-state index in [1.165, 1.54) is 16.0 Å². The molecule has 0 aliphatic rings. The normalized spacial score (nSPS) is 12.7. The summed E-state index contributed by atoms with van der Waals surface area (Å²) >= 11 is 8.12. The number of nitrogens with one attached hydrogen (secondary N) is 1. The van der Waals surface area contributed by atoms with Crippen molar-refractivity contribution < 1.29 is 0 Å². The molecule has 0 fully saturated rings. The van der Waals surface area contributed by atoms with Gasteiger partial charge in [0.05, 0.1) is 5.02 Å². The molecular weight excluding hydrogens is 298 g/mol. The second-order valence-electron chi connectivity index (χ2n) is 5.53. The van der Waals surface area contributed by atoms with E-state index in [2.05, 4.69) is 62.5 Å². The van der Waals surface area contributed by atoms with Gasteiger partial charge in [0.2, 0.25) is 0 Å². The van der Waals surface area contributed by atoms with Gasteiger partial charge in [-0.25, -0.2) is 0 Å². The predicted octanol–water partition coefficient (Wildman–Crippen LogP) is 5.90. The van der Waals surface area contributed by atoms with Crippen LogP contribution in [0.1, 0.15) is 43.9 Å². The average Bonchev–Trinajstić information content (AvgIpc) is 2.49. The van der Waals surface area contributed by atoms with Crippen LogP contribution in [0.15, 0.2) is 52.3 Å². The molecule has 1 atom stereocenters. The molecule has 1 nitrogen and oxygen atoms in total. The summed E-state index contributed by atoms with van der Waals surface area (Å²) in [6, 6.07) is 15.3. The highest BCUT2D eigenvalue weighted by Gasteiger charge is 2.08. The van der Waals surface area contributed by atoms with Gasteiger partial charge in [-0.15, -0.1) is 0 Å². The van der Waals surface area contributed by atoms with Crippen LogP contribution < -0.4 is 5.32 Å². The van der Waals surface area contributed by atoms with Crippen LogP contribution in [-0.4, -0.2) is 7.05 Å². The zero-order chi connectivity index (χ0) is 15.4. The Labute approximate surface area is 137 Å². The third-order valence-electron chi connectivity index (χ3n) is 3.66. The Balaban J connectivity index is 2.16. The third kappa shape index (κ3) is 4.26. The van der Waals surface area contributed by atoms with Crippen molar-refractivity contribution in [2.24, 2.45) is 0 Å². The lowest BCUT2D eigenvalue weighted by Crippen LogP contribution is -2.12. The zero-order valence-electron chi connectivity index (χ0n) is 13.0. The molecule has 0 aliphatic carbocycles. The Bertz CT molecular complexity index is 593. The summed E-state index contributed by atoms with van der Waals surface area (Å²) in [6.07, 6.45) is 0. The molecule has 0 heterocycles. The third-order valence-corrected chi connectivity index (χ3v) is 5.17. The first kappa shape index (κ1) is 16.4. The van der Waals surface area contributed by atoms with Gasteiger partial charge in [0, 0.05) is 15.8 Å². The fourth-order valence-electron chi connectivity index (χ4n) is 2.08. The van der Waals surface area contributed by atoms with E-state index in [0.29, 0.717) is 12.0 Å². The summed E-state index contributed by atoms with van der Waals surface area (Å²) in [6.45, 7) is 6.55. The Morgan fingerprint density at radius 3 is 2.10 bits per heavy atom. The van der Waals surface area contributed by atoms with Crippen molar-refractivity contribution in [2.45, 2.75) is 42.5 Å². The smallest absolute Gasteiger partial charge is 0.0548 e. The lowest BCUT2D eigenvalue weighted by molar-refractivity contribution is 0.652. The Hall–Kier alpha value is -0.960. The first-order valence-corrected chi connectivity index (χ1v) is 8.45. The molecule has 0 radical (unpaired) electrons. The van der Waals surface area contributed by atoms with Crippen LogP contribution in [-0.2, 0) is 0 Å². The average molecular weight is 320 g/mol. The maximum Gasteiger partial charge on any atom is 0.0548 e. The van der Waals surface area contributed by atoms with Gasteiger partial charge >= 0.3 is 0 Å². The molecule has 0 amide bonds. The highest BCUT2D eigenvalue weighted by Crippen LogP contribution is 2.35. The molecule has 3 heteroatoms. The van der Waals surface area contributed by atoms with Gasteiger partial charge in [0.25, 0.3) is 0 Å². The monoisotopic (exact) mass is 319 g/mol. The number of hydrogen-bond donors (Lipinski definition) is 1. The van der Waals surface area contributed by atoms with Crippen LogP contribution in [0.5, 0.6) is 0 Å². The maximum absolute atomic E-state index is 6.41.